The number of hydrogen-bond donors (Lipinski definition) is 2. The predicted octanol–water partition coefficient (Wildman–Crippen LogP) is 5.06. The van der Waals surface area contributed by atoms with Crippen LogP contribution in [-0.2, 0) is 6.42 Å². The molecule has 6 nitrogen and oxygen atoms in total. The summed E-state index contributed by atoms with van der Waals surface area (Å²) in [5, 5.41) is 11.1. The molecule has 4 aromatic rings. The number of ether oxygens (including phenoxy) is 2. The molecule has 0 spiro atoms. The van der Waals surface area contributed by atoms with Crippen LogP contribution in [0, 0.1) is 0 Å². The van der Waals surface area contributed by atoms with Crippen LogP contribution in [0.15, 0.2) is 48.5 Å². The molecular weight excluding hydrogens is 392 g/mol. The molecule has 0 bridgehead atoms. The third-order valence-corrected chi connectivity index (χ3v) is 6.43. The van der Waals surface area contributed by atoms with Crippen LogP contribution >= 0.6 is 0 Å². The highest BCUT2D eigenvalue weighted by Gasteiger charge is 2.35. The number of hydrogen-bond acceptors (Lipinski definition) is 3. The van der Waals surface area contributed by atoms with Gasteiger partial charge < -0.3 is 24.1 Å². The lowest BCUT2D eigenvalue weighted by atomic mass is 9.91. The van der Waals surface area contributed by atoms with Gasteiger partial charge in [-0.3, -0.25) is 0 Å². The molecule has 0 aliphatic carbocycles. The lowest BCUT2D eigenvalue weighted by Crippen LogP contribution is -2.24. The first-order chi connectivity index (χ1) is 15.0. The molecule has 2 aliphatic rings. The number of para-hydroxylation sites is 1. The maximum absolute atomic E-state index is 12.2. The number of nitrogens with zero attached hydrogens (tertiary/aromatic N) is 1. The van der Waals surface area contributed by atoms with Gasteiger partial charge in [-0.25, -0.2) is 4.79 Å². The number of nitrogens with one attached hydrogen (secondary N) is 1. The normalized spacial score (nSPS) is 16.5. The Balaban J connectivity index is 1.67. The van der Waals surface area contributed by atoms with Crippen molar-refractivity contribution in [1.82, 2.24) is 9.55 Å². The van der Waals surface area contributed by atoms with E-state index in [1.165, 1.54) is 0 Å². The molecule has 0 fully saturated rings. The fourth-order valence-electron chi connectivity index (χ4n) is 5.04. The zero-order valence-corrected chi connectivity index (χ0v) is 17.3. The Labute approximate surface area is 179 Å². The van der Waals surface area contributed by atoms with Crippen LogP contribution in [0.4, 0.5) is 0 Å². The van der Waals surface area contributed by atoms with E-state index in [-0.39, 0.29) is 18.8 Å². The molecule has 1 unspecified atom stereocenters. The molecule has 2 aliphatic heterocycles. The molecule has 4 heterocycles. The van der Waals surface area contributed by atoms with Crippen molar-refractivity contribution < 1.29 is 19.4 Å². The van der Waals surface area contributed by atoms with E-state index in [0.717, 1.165) is 50.6 Å². The Morgan fingerprint density at radius 3 is 2.74 bits per heavy atom. The summed E-state index contributed by atoms with van der Waals surface area (Å²) >= 11 is 0. The minimum Gasteiger partial charge on any atom is -0.478 e. The van der Waals surface area contributed by atoms with E-state index in [9.17, 15) is 9.90 Å². The van der Waals surface area contributed by atoms with Gasteiger partial charge in [0.1, 0.15) is 0 Å². The van der Waals surface area contributed by atoms with Gasteiger partial charge in [-0.1, -0.05) is 38.1 Å². The highest BCUT2D eigenvalue weighted by molar-refractivity contribution is 5.91. The zero-order chi connectivity index (χ0) is 21.3. The van der Waals surface area contributed by atoms with Gasteiger partial charge in [0.2, 0.25) is 6.79 Å². The molecule has 31 heavy (non-hydrogen) atoms. The third-order valence-electron chi connectivity index (χ3n) is 6.43. The first kappa shape index (κ1) is 18.1. The smallest absolute Gasteiger partial charge is 0.337 e. The second-order valence-corrected chi connectivity index (χ2v) is 8.51. The van der Waals surface area contributed by atoms with Crippen molar-refractivity contribution in [3.8, 4) is 11.5 Å². The fraction of sp³-hybridized carbons (Fsp3) is 0.240. The van der Waals surface area contributed by atoms with Gasteiger partial charge in [0, 0.05) is 34.4 Å². The van der Waals surface area contributed by atoms with Crippen LogP contribution < -0.4 is 9.47 Å². The largest absolute Gasteiger partial charge is 0.478 e. The van der Waals surface area contributed by atoms with Crippen molar-refractivity contribution in [3.63, 3.8) is 0 Å². The molecule has 0 radical (unpaired) electrons. The first-order valence-corrected chi connectivity index (χ1v) is 10.5. The number of benzene rings is 2. The predicted molar refractivity (Wildman–Crippen MR) is 116 cm³/mol. The Bertz CT molecular complexity index is 1360. The number of fused-ring (bicyclic) bond motifs is 5. The van der Waals surface area contributed by atoms with Gasteiger partial charge in [-0.15, -0.1) is 0 Å². The summed E-state index contributed by atoms with van der Waals surface area (Å²) in [7, 11) is 0. The lowest BCUT2D eigenvalue weighted by Gasteiger charge is -2.30. The number of carbonyl (C=O) groups is 1. The molecule has 6 heteroatoms. The molecule has 6 rings (SSSR count). The van der Waals surface area contributed by atoms with Gasteiger partial charge in [0.15, 0.2) is 11.5 Å². The Morgan fingerprint density at radius 1 is 1.13 bits per heavy atom. The van der Waals surface area contributed by atoms with Crippen molar-refractivity contribution in [3.05, 3.63) is 82.3 Å². The molecule has 2 aromatic carbocycles. The summed E-state index contributed by atoms with van der Waals surface area (Å²) in [5.74, 6) is 0.746. The number of H-pyrrole nitrogens is 1. The second kappa shape index (κ2) is 6.41. The summed E-state index contributed by atoms with van der Waals surface area (Å²) in [6.07, 6.45) is 0.578. The van der Waals surface area contributed by atoms with Gasteiger partial charge in [-0.2, -0.15) is 0 Å². The van der Waals surface area contributed by atoms with Crippen LogP contribution in [0.3, 0.4) is 0 Å². The molecule has 1 atom stereocenters. The van der Waals surface area contributed by atoms with Crippen molar-refractivity contribution >= 4 is 16.9 Å². The van der Waals surface area contributed by atoms with E-state index in [4.69, 9.17) is 9.47 Å². The van der Waals surface area contributed by atoms with E-state index in [2.05, 4.69) is 35.5 Å². The van der Waals surface area contributed by atoms with Gasteiger partial charge in [0.25, 0.3) is 0 Å². The standard InChI is InChI=1S/C25H22N2O4/c1-13(2)19-11-17(25(28)29)20-10-16-15-5-3-4-6-18(15)26-23(16)24(27(19)20)14-7-8-21-22(9-14)31-12-30-21/h3-9,11,13,24,26H,10,12H2,1-2H3,(H,28,29). The van der Waals surface area contributed by atoms with E-state index in [1.54, 1.807) is 0 Å². The minimum absolute atomic E-state index is 0.175. The molecule has 0 saturated heterocycles. The first-order valence-electron chi connectivity index (χ1n) is 10.5. The summed E-state index contributed by atoms with van der Waals surface area (Å²) in [6.45, 7) is 4.42. The van der Waals surface area contributed by atoms with Crippen molar-refractivity contribution in [2.24, 2.45) is 0 Å². The number of aromatic carboxylic acids is 1. The SMILES string of the molecule is CC(C)c1cc(C(=O)O)c2n1C(c1ccc3c(c1)OCO3)c1[nH]c3ccccc3c1C2. The number of aromatic nitrogens is 2. The van der Waals surface area contributed by atoms with Crippen molar-refractivity contribution in [1.29, 1.82) is 0 Å². The van der Waals surface area contributed by atoms with E-state index in [1.807, 2.05) is 36.4 Å². The average molecular weight is 414 g/mol. The number of aromatic amines is 1. The van der Waals surface area contributed by atoms with Crippen molar-refractivity contribution in [2.75, 3.05) is 6.79 Å². The van der Waals surface area contributed by atoms with Crippen LogP contribution in [0.5, 0.6) is 11.5 Å². The van der Waals surface area contributed by atoms with E-state index >= 15 is 0 Å². The molecule has 156 valence electrons. The molecule has 0 amide bonds. The summed E-state index contributed by atoms with van der Waals surface area (Å²) in [4.78, 5) is 15.8. The Morgan fingerprint density at radius 2 is 1.94 bits per heavy atom. The highest BCUT2D eigenvalue weighted by atomic mass is 16.7. The summed E-state index contributed by atoms with van der Waals surface area (Å²) < 4.78 is 13.4. The van der Waals surface area contributed by atoms with Gasteiger partial charge in [-0.05, 0) is 41.3 Å². The van der Waals surface area contributed by atoms with Crippen LogP contribution in [0.2, 0.25) is 0 Å². The van der Waals surface area contributed by atoms with E-state index in [0.29, 0.717) is 12.0 Å². The van der Waals surface area contributed by atoms with Crippen LogP contribution in [0.1, 0.15) is 64.4 Å². The van der Waals surface area contributed by atoms with Gasteiger partial charge in [0.05, 0.1) is 11.6 Å². The quantitative estimate of drug-likeness (QED) is 0.433. The summed E-state index contributed by atoms with van der Waals surface area (Å²) in [5.41, 5.74) is 6.59. The molecular formula is C25H22N2O4. The Hall–Kier alpha value is -3.67. The molecule has 0 saturated carbocycles. The van der Waals surface area contributed by atoms with Crippen LogP contribution in [0.25, 0.3) is 10.9 Å². The molecule has 2 aromatic heterocycles. The third kappa shape index (κ3) is 2.54. The van der Waals surface area contributed by atoms with Crippen LogP contribution in [-0.4, -0.2) is 27.4 Å². The fourth-order valence-corrected chi connectivity index (χ4v) is 5.04. The van der Waals surface area contributed by atoms with Gasteiger partial charge >= 0.3 is 5.97 Å². The number of carboxylic acids is 1. The average Bonchev–Trinajstić information content (AvgIpc) is 3.46. The summed E-state index contributed by atoms with van der Waals surface area (Å²) in [6, 6.07) is 15.9. The van der Waals surface area contributed by atoms with Crippen molar-refractivity contribution in [2.45, 2.75) is 32.2 Å². The monoisotopic (exact) mass is 414 g/mol. The molecule has 2 N–H and O–H groups in total. The van der Waals surface area contributed by atoms with E-state index < -0.39 is 5.97 Å². The maximum atomic E-state index is 12.2. The number of carboxylic acid groups (broad SMARTS) is 1. The number of rotatable bonds is 3. The highest BCUT2D eigenvalue weighted by Crippen LogP contribution is 2.45. The second-order valence-electron chi connectivity index (χ2n) is 8.51. The Kier molecular flexibility index (Phi) is 3.75. The zero-order valence-electron chi connectivity index (χ0n) is 17.3. The minimum atomic E-state index is -0.886. The lowest BCUT2D eigenvalue weighted by molar-refractivity contribution is 0.0695. The maximum Gasteiger partial charge on any atom is 0.337 e. The topological polar surface area (TPSA) is 76.5 Å².